The highest BCUT2D eigenvalue weighted by atomic mass is 32.2. The quantitative estimate of drug-likeness (QED) is 0.300. The molecule has 184 valence electrons. The second-order valence-electron chi connectivity index (χ2n) is 8.64. The van der Waals surface area contributed by atoms with Gasteiger partial charge in [-0.1, -0.05) is 11.3 Å². The zero-order valence-corrected chi connectivity index (χ0v) is 20.3. The maximum Gasteiger partial charge on any atom is 0.261 e. The van der Waals surface area contributed by atoms with Crippen LogP contribution in [0.3, 0.4) is 0 Å². The first-order valence-corrected chi connectivity index (χ1v) is 12.9. The van der Waals surface area contributed by atoms with Gasteiger partial charge in [0.25, 0.3) is 15.9 Å². The molecule has 2 aromatic heterocycles. The zero-order valence-electron chi connectivity index (χ0n) is 19.4. The lowest BCUT2D eigenvalue weighted by molar-refractivity contribution is 0.0950. The van der Waals surface area contributed by atoms with Crippen LogP contribution in [0.4, 0.5) is 5.69 Å². The molecule has 36 heavy (non-hydrogen) atoms. The van der Waals surface area contributed by atoms with E-state index in [1.165, 1.54) is 24.3 Å². The predicted octanol–water partition coefficient (Wildman–Crippen LogP) is 2.20. The minimum absolute atomic E-state index is 0.00736. The van der Waals surface area contributed by atoms with Gasteiger partial charge in [0.1, 0.15) is 11.8 Å². The van der Waals surface area contributed by atoms with Crippen molar-refractivity contribution >= 4 is 32.5 Å². The number of nitriles is 1. The molecule has 0 spiro atoms. The van der Waals surface area contributed by atoms with Gasteiger partial charge in [-0.25, -0.2) is 13.1 Å². The number of nitrogens with zero attached hydrogens (tertiary/aromatic N) is 4. The number of fused-ring (bicyclic) bond motifs is 1. The van der Waals surface area contributed by atoms with Crippen molar-refractivity contribution in [2.24, 2.45) is 0 Å². The number of hydrogen-bond donors (Lipinski definition) is 4. The second kappa shape index (κ2) is 9.44. The standard InChI is InChI=1S/C24H24N8O3S/c1-15-2-7-21(23-22(15)17(10-25)11-27-23)30-36(34,35)20-5-3-16(4-6-20)24(33)28-12-18-14-32(31-29-18)19-8-9-26-13-19/h2-7,11,14,19,26-27,30H,8-9,12-13H2,1H3,(H,28,33). The Morgan fingerprint density at radius 1 is 1.25 bits per heavy atom. The molecule has 4 aromatic rings. The molecule has 11 nitrogen and oxygen atoms in total. The summed E-state index contributed by atoms with van der Waals surface area (Å²) >= 11 is 0. The second-order valence-corrected chi connectivity index (χ2v) is 10.3. The number of anilines is 1. The fraction of sp³-hybridized carbons (Fsp3) is 0.250. The molecule has 1 atom stereocenters. The Morgan fingerprint density at radius 2 is 2.06 bits per heavy atom. The van der Waals surface area contributed by atoms with Crippen LogP contribution in [-0.4, -0.2) is 47.4 Å². The number of carbonyl (C=O) groups is 1. The monoisotopic (exact) mass is 504 g/mol. The lowest BCUT2D eigenvalue weighted by Crippen LogP contribution is -2.23. The van der Waals surface area contributed by atoms with Crippen LogP contribution in [0.5, 0.6) is 0 Å². The third kappa shape index (κ3) is 4.53. The average molecular weight is 505 g/mol. The highest BCUT2D eigenvalue weighted by Crippen LogP contribution is 2.30. The first-order valence-electron chi connectivity index (χ1n) is 11.4. The number of carbonyl (C=O) groups excluding carboxylic acids is 1. The molecule has 2 aromatic carbocycles. The van der Waals surface area contributed by atoms with Gasteiger partial charge in [0.15, 0.2) is 0 Å². The van der Waals surface area contributed by atoms with E-state index in [2.05, 4.69) is 36.7 Å². The molecule has 1 fully saturated rings. The number of H-pyrrole nitrogens is 1. The third-order valence-corrected chi connectivity index (χ3v) is 7.61. The van der Waals surface area contributed by atoms with E-state index in [1.54, 1.807) is 18.3 Å². The lowest BCUT2D eigenvalue weighted by atomic mass is 10.1. The van der Waals surface area contributed by atoms with E-state index in [0.29, 0.717) is 33.4 Å². The van der Waals surface area contributed by atoms with Crippen LogP contribution >= 0.6 is 0 Å². The summed E-state index contributed by atoms with van der Waals surface area (Å²) in [6, 6.07) is 11.4. The summed E-state index contributed by atoms with van der Waals surface area (Å²) < 4.78 is 30.4. The Kier molecular flexibility index (Phi) is 6.17. The Morgan fingerprint density at radius 3 is 2.78 bits per heavy atom. The van der Waals surface area contributed by atoms with Crippen LogP contribution in [-0.2, 0) is 16.6 Å². The SMILES string of the molecule is Cc1ccc(NS(=O)(=O)c2ccc(C(=O)NCc3cn(C4CCNC4)nn3)cc2)c2[nH]cc(C#N)c12. The van der Waals surface area contributed by atoms with Crippen molar-refractivity contribution in [2.45, 2.75) is 30.8 Å². The number of aromatic nitrogens is 4. The van der Waals surface area contributed by atoms with Crippen molar-refractivity contribution in [1.82, 2.24) is 30.6 Å². The summed E-state index contributed by atoms with van der Waals surface area (Å²) in [5.41, 5.74) is 3.14. The summed E-state index contributed by atoms with van der Waals surface area (Å²) in [5.74, 6) is -0.348. The molecule has 1 aliphatic rings. The smallest absolute Gasteiger partial charge is 0.261 e. The topological polar surface area (TPSA) is 158 Å². The Balaban J connectivity index is 1.26. The van der Waals surface area contributed by atoms with Gasteiger partial charge in [-0.3, -0.25) is 9.52 Å². The van der Waals surface area contributed by atoms with E-state index in [-0.39, 0.29) is 23.4 Å². The Labute approximate surface area is 207 Å². The molecule has 1 aliphatic heterocycles. The summed E-state index contributed by atoms with van der Waals surface area (Å²) in [4.78, 5) is 15.6. The lowest BCUT2D eigenvalue weighted by Gasteiger charge is -2.11. The minimum atomic E-state index is -3.93. The third-order valence-electron chi connectivity index (χ3n) is 6.23. The Hall–Kier alpha value is -4.21. The molecule has 12 heteroatoms. The van der Waals surface area contributed by atoms with Crippen LogP contribution in [0.15, 0.2) is 53.7 Å². The summed E-state index contributed by atoms with van der Waals surface area (Å²) in [5, 5.41) is 24.3. The fourth-order valence-electron chi connectivity index (χ4n) is 4.29. The van der Waals surface area contributed by atoms with Gasteiger partial charge in [0, 0.05) is 23.7 Å². The molecule has 5 rings (SSSR count). The number of amides is 1. The number of aryl methyl sites for hydroxylation is 1. The van der Waals surface area contributed by atoms with E-state index in [1.807, 2.05) is 17.8 Å². The molecule has 1 amide bonds. The molecule has 0 radical (unpaired) electrons. The summed E-state index contributed by atoms with van der Waals surface area (Å²) in [6.45, 7) is 3.86. The maximum atomic E-state index is 13.0. The fourth-order valence-corrected chi connectivity index (χ4v) is 5.37. The van der Waals surface area contributed by atoms with Gasteiger partial charge >= 0.3 is 0 Å². The molecule has 0 aliphatic carbocycles. The number of hydrogen-bond acceptors (Lipinski definition) is 7. The first-order chi connectivity index (χ1) is 17.4. The van der Waals surface area contributed by atoms with Crippen LogP contribution in [0.2, 0.25) is 0 Å². The Bertz CT molecular complexity index is 1580. The number of nitrogens with one attached hydrogen (secondary N) is 4. The van der Waals surface area contributed by atoms with Crippen molar-refractivity contribution < 1.29 is 13.2 Å². The van der Waals surface area contributed by atoms with Gasteiger partial charge in [0.05, 0.1) is 40.4 Å². The van der Waals surface area contributed by atoms with Crippen molar-refractivity contribution in [3.63, 3.8) is 0 Å². The largest absolute Gasteiger partial charge is 0.358 e. The van der Waals surface area contributed by atoms with Crippen molar-refractivity contribution in [1.29, 1.82) is 5.26 Å². The molecule has 4 N–H and O–H groups in total. The number of sulfonamides is 1. The van der Waals surface area contributed by atoms with Crippen LogP contribution < -0.4 is 15.4 Å². The van der Waals surface area contributed by atoms with Gasteiger partial charge < -0.3 is 15.6 Å². The molecule has 1 saturated heterocycles. The van der Waals surface area contributed by atoms with E-state index in [0.717, 1.165) is 25.1 Å². The zero-order chi connectivity index (χ0) is 25.3. The maximum absolute atomic E-state index is 13.0. The van der Waals surface area contributed by atoms with E-state index < -0.39 is 10.0 Å². The van der Waals surface area contributed by atoms with Gasteiger partial charge in [-0.05, 0) is 55.8 Å². The van der Waals surface area contributed by atoms with Crippen LogP contribution in [0.1, 0.15) is 39.6 Å². The van der Waals surface area contributed by atoms with Crippen molar-refractivity contribution in [3.05, 3.63) is 71.2 Å². The molecule has 0 saturated carbocycles. The van der Waals surface area contributed by atoms with Crippen molar-refractivity contribution in [2.75, 3.05) is 17.8 Å². The van der Waals surface area contributed by atoms with Crippen molar-refractivity contribution in [3.8, 4) is 6.07 Å². The number of aromatic amines is 1. The molecule has 1 unspecified atom stereocenters. The van der Waals surface area contributed by atoms with Gasteiger partial charge in [0.2, 0.25) is 0 Å². The first kappa shape index (κ1) is 23.5. The highest BCUT2D eigenvalue weighted by Gasteiger charge is 2.20. The highest BCUT2D eigenvalue weighted by molar-refractivity contribution is 7.92. The minimum Gasteiger partial charge on any atom is -0.358 e. The van der Waals surface area contributed by atoms with Gasteiger partial charge in [-0.2, -0.15) is 5.26 Å². The molecule has 3 heterocycles. The summed E-state index contributed by atoms with van der Waals surface area (Å²) in [7, 11) is -3.93. The predicted molar refractivity (Wildman–Crippen MR) is 133 cm³/mol. The van der Waals surface area contributed by atoms with E-state index >= 15 is 0 Å². The molecular formula is C24H24N8O3S. The normalized spacial score (nSPS) is 15.6. The van der Waals surface area contributed by atoms with E-state index in [4.69, 9.17) is 0 Å². The average Bonchev–Trinajstić information content (AvgIpc) is 3.65. The number of rotatable bonds is 7. The summed E-state index contributed by atoms with van der Waals surface area (Å²) in [6.07, 6.45) is 4.36. The molecular weight excluding hydrogens is 480 g/mol. The van der Waals surface area contributed by atoms with Crippen LogP contribution in [0, 0.1) is 18.3 Å². The van der Waals surface area contributed by atoms with Gasteiger partial charge in [-0.15, -0.1) is 5.10 Å². The van der Waals surface area contributed by atoms with E-state index in [9.17, 15) is 18.5 Å². The van der Waals surface area contributed by atoms with Crippen LogP contribution in [0.25, 0.3) is 10.9 Å². The molecule has 0 bridgehead atoms. The number of benzene rings is 2.